The Labute approximate surface area is 166 Å². The van der Waals surface area contributed by atoms with Crippen molar-refractivity contribution in [2.45, 2.75) is 41.2 Å². The summed E-state index contributed by atoms with van der Waals surface area (Å²) in [5.74, 6) is 0. The number of hydrogen-bond donors (Lipinski definition) is 2. The Hall–Kier alpha value is -2.66. The zero-order valence-corrected chi connectivity index (χ0v) is 17.4. The number of thiocarbonyl (C=S) groups is 1. The summed E-state index contributed by atoms with van der Waals surface area (Å²) in [5.41, 5.74) is 8.97. The van der Waals surface area contributed by atoms with E-state index >= 15 is 0 Å². The van der Waals surface area contributed by atoms with Crippen LogP contribution in [-0.4, -0.2) is 14.9 Å². The second-order valence-electron chi connectivity index (χ2n) is 6.96. The molecule has 0 bridgehead atoms. The Kier molecular flexibility index (Phi) is 5.61. The first kappa shape index (κ1) is 19.1. The van der Waals surface area contributed by atoms with Gasteiger partial charge in [0.25, 0.3) is 0 Å². The molecule has 27 heavy (non-hydrogen) atoms. The molecule has 2 aromatic carbocycles. The summed E-state index contributed by atoms with van der Waals surface area (Å²) in [6.07, 6.45) is 0. The second-order valence-corrected chi connectivity index (χ2v) is 7.36. The maximum Gasteiger partial charge on any atom is 0.175 e. The number of rotatable bonds is 4. The third-order valence-corrected chi connectivity index (χ3v) is 5.26. The Morgan fingerprint density at radius 2 is 1.63 bits per heavy atom. The number of benzene rings is 2. The molecule has 0 saturated carbocycles. The molecule has 3 rings (SSSR count). The van der Waals surface area contributed by atoms with Crippen LogP contribution in [0.2, 0.25) is 0 Å². The van der Waals surface area contributed by atoms with E-state index in [2.05, 4.69) is 68.7 Å². The van der Waals surface area contributed by atoms with E-state index < -0.39 is 0 Å². The number of nitrogens with one attached hydrogen (secondary N) is 2. The zero-order valence-electron chi connectivity index (χ0n) is 16.6. The van der Waals surface area contributed by atoms with Crippen LogP contribution in [0, 0.1) is 34.6 Å². The van der Waals surface area contributed by atoms with Crippen LogP contribution in [0.3, 0.4) is 0 Å². The second kappa shape index (κ2) is 7.92. The summed E-state index contributed by atoms with van der Waals surface area (Å²) >= 11 is 5.54. The topological polar surface area (TPSA) is 41.9 Å². The van der Waals surface area contributed by atoms with Crippen LogP contribution in [0.5, 0.6) is 0 Å². The van der Waals surface area contributed by atoms with Gasteiger partial charge in [0.2, 0.25) is 0 Å². The molecule has 5 heteroatoms. The third kappa shape index (κ3) is 4.19. The van der Waals surface area contributed by atoms with E-state index in [1.165, 1.54) is 22.3 Å². The van der Waals surface area contributed by atoms with Crippen molar-refractivity contribution in [1.82, 2.24) is 9.78 Å². The third-order valence-electron chi connectivity index (χ3n) is 5.05. The molecule has 0 aliphatic heterocycles. The fourth-order valence-electron chi connectivity index (χ4n) is 3.13. The van der Waals surface area contributed by atoms with E-state index in [-0.39, 0.29) is 0 Å². The highest BCUT2D eigenvalue weighted by atomic mass is 32.1. The Morgan fingerprint density at radius 1 is 0.926 bits per heavy atom. The average Bonchev–Trinajstić information content (AvgIpc) is 2.88. The predicted octanol–water partition coefficient (Wildman–Crippen LogP) is 5.28. The van der Waals surface area contributed by atoms with Gasteiger partial charge in [0.1, 0.15) is 0 Å². The van der Waals surface area contributed by atoms with Crippen LogP contribution in [-0.2, 0) is 6.54 Å². The molecule has 0 fully saturated rings. The van der Waals surface area contributed by atoms with Gasteiger partial charge in [-0.3, -0.25) is 4.68 Å². The van der Waals surface area contributed by atoms with Gasteiger partial charge in [-0.05, 0) is 75.2 Å². The molecule has 2 N–H and O–H groups in total. The molecule has 4 nitrogen and oxygen atoms in total. The standard InChI is InChI=1S/C22H26N4S/c1-14-10-8-12-20(16(14)3)23-22(27)24-21-17(4)25-26(18(21)5)13-19-11-7-6-9-15(19)2/h6-12H,13H2,1-5H3,(H2,23,24,27). The van der Waals surface area contributed by atoms with Crippen LogP contribution in [0.1, 0.15) is 33.6 Å². The minimum atomic E-state index is 0.574. The van der Waals surface area contributed by atoms with Crippen LogP contribution in [0.4, 0.5) is 11.4 Å². The quantitative estimate of drug-likeness (QED) is 0.606. The normalized spacial score (nSPS) is 10.7. The molecule has 140 valence electrons. The van der Waals surface area contributed by atoms with Gasteiger partial charge in [-0.2, -0.15) is 5.10 Å². The molecule has 0 aliphatic rings. The molecule has 1 aromatic heterocycles. The fraction of sp³-hybridized carbons (Fsp3) is 0.273. The van der Waals surface area contributed by atoms with Gasteiger partial charge in [-0.15, -0.1) is 0 Å². The van der Waals surface area contributed by atoms with E-state index in [1.807, 2.05) is 23.7 Å². The number of aryl methyl sites for hydroxylation is 3. The van der Waals surface area contributed by atoms with E-state index in [1.54, 1.807) is 0 Å². The molecule has 0 unspecified atom stereocenters. The molecular weight excluding hydrogens is 352 g/mol. The minimum absolute atomic E-state index is 0.574. The van der Waals surface area contributed by atoms with Crippen LogP contribution < -0.4 is 10.6 Å². The lowest BCUT2D eigenvalue weighted by atomic mass is 10.1. The molecule has 1 heterocycles. The SMILES string of the molecule is Cc1ccccc1Cn1nc(C)c(NC(=S)Nc2cccc(C)c2C)c1C. The summed E-state index contributed by atoms with van der Waals surface area (Å²) in [5, 5.41) is 11.9. The highest BCUT2D eigenvalue weighted by molar-refractivity contribution is 7.80. The van der Waals surface area contributed by atoms with Gasteiger partial charge in [0.05, 0.1) is 23.6 Å². The van der Waals surface area contributed by atoms with Gasteiger partial charge < -0.3 is 10.6 Å². The highest BCUT2D eigenvalue weighted by Gasteiger charge is 2.14. The molecular formula is C22H26N4S. The van der Waals surface area contributed by atoms with Crippen molar-refractivity contribution in [2.24, 2.45) is 0 Å². The molecule has 3 aromatic rings. The van der Waals surface area contributed by atoms with Crippen molar-refractivity contribution < 1.29 is 0 Å². The van der Waals surface area contributed by atoms with Crippen LogP contribution in [0.15, 0.2) is 42.5 Å². The van der Waals surface area contributed by atoms with E-state index in [0.717, 1.165) is 29.3 Å². The summed E-state index contributed by atoms with van der Waals surface area (Å²) < 4.78 is 2.03. The summed E-state index contributed by atoms with van der Waals surface area (Å²) in [6, 6.07) is 14.6. The lowest BCUT2D eigenvalue weighted by molar-refractivity contribution is 0.657. The van der Waals surface area contributed by atoms with Gasteiger partial charge in [0.15, 0.2) is 5.11 Å². The zero-order chi connectivity index (χ0) is 19.6. The van der Waals surface area contributed by atoms with E-state index in [9.17, 15) is 0 Å². The van der Waals surface area contributed by atoms with E-state index in [0.29, 0.717) is 5.11 Å². The van der Waals surface area contributed by atoms with Crippen molar-refractivity contribution in [3.05, 3.63) is 76.1 Å². The monoisotopic (exact) mass is 378 g/mol. The lowest BCUT2D eigenvalue weighted by Gasteiger charge is -2.14. The fourth-order valence-corrected chi connectivity index (χ4v) is 3.35. The molecule has 0 amide bonds. The van der Waals surface area contributed by atoms with Crippen LogP contribution in [0.25, 0.3) is 0 Å². The van der Waals surface area contributed by atoms with Crippen LogP contribution >= 0.6 is 12.2 Å². The average molecular weight is 379 g/mol. The maximum atomic E-state index is 5.54. The van der Waals surface area contributed by atoms with Gasteiger partial charge in [0, 0.05) is 5.69 Å². The van der Waals surface area contributed by atoms with Crippen molar-refractivity contribution in [3.8, 4) is 0 Å². The van der Waals surface area contributed by atoms with E-state index in [4.69, 9.17) is 17.3 Å². The lowest BCUT2D eigenvalue weighted by Crippen LogP contribution is -2.20. The first-order valence-electron chi connectivity index (χ1n) is 9.09. The smallest absolute Gasteiger partial charge is 0.175 e. The van der Waals surface area contributed by atoms with Gasteiger partial charge >= 0.3 is 0 Å². The van der Waals surface area contributed by atoms with Gasteiger partial charge in [-0.25, -0.2) is 0 Å². The summed E-state index contributed by atoms with van der Waals surface area (Å²) in [6.45, 7) is 11.1. The van der Waals surface area contributed by atoms with Gasteiger partial charge in [-0.1, -0.05) is 36.4 Å². The Balaban J connectivity index is 1.77. The minimum Gasteiger partial charge on any atom is -0.332 e. The Morgan fingerprint density at radius 3 is 2.37 bits per heavy atom. The first-order valence-corrected chi connectivity index (χ1v) is 9.50. The first-order chi connectivity index (χ1) is 12.9. The number of aromatic nitrogens is 2. The number of anilines is 2. The molecule has 0 radical (unpaired) electrons. The molecule has 0 spiro atoms. The van der Waals surface area contributed by atoms with Crippen molar-refractivity contribution in [3.63, 3.8) is 0 Å². The van der Waals surface area contributed by atoms with Crippen molar-refractivity contribution in [2.75, 3.05) is 10.6 Å². The molecule has 0 aliphatic carbocycles. The molecule has 0 atom stereocenters. The summed E-state index contributed by atoms with van der Waals surface area (Å²) in [7, 11) is 0. The molecule has 0 saturated heterocycles. The predicted molar refractivity (Wildman–Crippen MR) is 118 cm³/mol. The highest BCUT2D eigenvalue weighted by Crippen LogP contribution is 2.23. The number of hydrogen-bond acceptors (Lipinski definition) is 2. The van der Waals surface area contributed by atoms with Crippen molar-refractivity contribution >= 4 is 28.7 Å². The van der Waals surface area contributed by atoms with Crippen molar-refractivity contribution in [1.29, 1.82) is 0 Å². The summed E-state index contributed by atoms with van der Waals surface area (Å²) in [4.78, 5) is 0. The number of nitrogens with zero attached hydrogens (tertiary/aromatic N) is 2. The Bertz CT molecular complexity index is 988. The maximum absolute atomic E-state index is 5.54. The largest absolute Gasteiger partial charge is 0.332 e.